The van der Waals surface area contributed by atoms with Crippen LogP contribution in [0.25, 0.3) is 10.2 Å². The maximum atomic E-state index is 4.62. The van der Waals surface area contributed by atoms with Gasteiger partial charge in [-0.25, -0.2) is 9.97 Å². The molecule has 2 fully saturated rings. The Morgan fingerprint density at radius 1 is 1.18 bits per heavy atom. The number of thiophene rings is 1. The molecule has 1 saturated heterocycles. The second-order valence-electron chi connectivity index (χ2n) is 6.77. The fourth-order valence-electron chi connectivity index (χ4n) is 3.35. The summed E-state index contributed by atoms with van der Waals surface area (Å²) in [6.07, 6.45) is 7.04. The van der Waals surface area contributed by atoms with E-state index >= 15 is 0 Å². The van der Waals surface area contributed by atoms with Crippen LogP contribution in [0.15, 0.2) is 6.33 Å². The number of aryl methyl sites for hydroxylation is 2. The predicted octanol–water partition coefficient (Wildman–Crippen LogP) is 3.28. The SMILES string of the molecule is Cc1sc2ncnc(N3CCC(NCC4CC4)CC3)c2c1C. The third-order valence-electron chi connectivity index (χ3n) is 5.13. The molecular weight excluding hydrogens is 292 g/mol. The van der Waals surface area contributed by atoms with E-state index in [0.717, 1.165) is 29.7 Å². The van der Waals surface area contributed by atoms with Crippen LogP contribution in [0.2, 0.25) is 0 Å². The lowest BCUT2D eigenvalue weighted by atomic mass is 10.0. The van der Waals surface area contributed by atoms with E-state index in [2.05, 4.69) is 34.0 Å². The fraction of sp³-hybridized carbons (Fsp3) is 0.647. The van der Waals surface area contributed by atoms with Gasteiger partial charge in [0.05, 0.1) is 5.39 Å². The summed E-state index contributed by atoms with van der Waals surface area (Å²) in [6, 6.07) is 0.694. The molecule has 0 radical (unpaired) electrons. The van der Waals surface area contributed by atoms with E-state index in [1.807, 2.05) is 0 Å². The molecule has 0 unspecified atom stereocenters. The number of piperidine rings is 1. The van der Waals surface area contributed by atoms with E-state index in [9.17, 15) is 0 Å². The molecule has 1 saturated carbocycles. The first-order valence-electron chi connectivity index (χ1n) is 8.41. The molecule has 0 amide bonds. The van der Waals surface area contributed by atoms with Gasteiger partial charge in [0.15, 0.2) is 0 Å². The highest BCUT2D eigenvalue weighted by Gasteiger charge is 2.26. The Balaban J connectivity index is 1.48. The largest absolute Gasteiger partial charge is 0.356 e. The summed E-state index contributed by atoms with van der Waals surface area (Å²) in [5.74, 6) is 2.11. The molecule has 1 aliphatic heterocycles. The second kappa shape index (κ2) is 5.78. The van der Waals surface area contributed by atoms with Crippen molar-refractivity contribution in [1.29, 1.82) is 0 Å². The number of aromatic nitrogens is 2. The van der Waals surface area contributed by atoms with Crippen LogP contribution < -0.4 is 10.2 Å². The average molecular weight is 316 g/mol. The molecule has 0 atom stereocenters. The normalized spacial score (nSPS) is 20.0. The monoisotopic (exact) mass is 316 g/mol. The molecule has 5 heteroatoms. The van der Waals surface area contributed by atoms with E-state index < -0.39 is 0 Å². The van der Waals surface area contributed by atoms with Crippen molar-refractivity contribution in [3.63, 3.8) is 0 Å². The summed E-state index contributed by atoms with van der Waals surface area (Å²) in [4.78, 5) is 14.0. The van der Waals surface area contributed by atoms with Crippen LogP contribution in [0.5, 0.6) is 0 Å². The molecule has 0 bridgehead atoms. The molecular formula is C17H24N4S. The minimum Gasteiger partial charge on any atom is -0.356 e. The molecule has 2 aromatic rings. The lowest BCUT2D eigenvalue weighted by Gasteiger charge is -2.33. The van der Waals surface area contributed by atoms with Crippen molar-refractivity contribution in [3.05, 3.63) is 16.8 Å². The van der Waals surface area contributed by atoms with E-state index in [1.54, 1.807) is 17.7 Å². The summed E-state index contributed by atoms with van der Waals surface area (Å²) in [5, 5.41) is 5.02. The van der Waals surface area contributed by atoms with Crippen LogP contribution in [0.4, 0.5) is 5.82 Å². The summed E-state index contributed by atoms with van der Waals surface area (Å²) >= 11 is 1.79. The first-order chi connectivity index (χ1) is 10.7. The predicted molar refractivity (Wildman–Crippen MR) is 92.9 cm³/mol. The van der Waals surface area contributed by atoms with Crippen molar-refractivity contribution in [3.8, 4) is 0 Å². The lowest BCUT2D eigenvalue weighted by Crippen LogP contribution is -2.43. The molecule has 1 aliphatic carbocycles. The summed E-state index contributed by atoms with van der Waals surface area (Å²) in [5.41, 5.74) is 1.35. The molecule has 1 N–H and O–H groups in total. The quantitative estimate of drug-likeness (QED) is 0.940. The number of anilines is 1. The van der Waals surface area contributed by atoms with Gasteiger partial charge >= 0.3 is 0 Å². The van der Waals surface area contributed by atoms with Crippen molar-refractivity contribution in [1.82, 2.24) is 15.3 Å². The Morgan fingerprint density at radius 3 is 2.68 bits per heavy atom. The number of nitrogens with one attached hydrogen (secondary N) is 1. The molecule has 4 rings (SSSR count). The zero-order valence-electron chi connectivity index (χ0n) is 13.4. The van der Waals surface area contributed by atoms with Gasteiger partial charge in [0, 0.05) is 24.0 Å². The van der Waals surface area contributed by atoms with Gasteiger partial charge in [0.1, 0.15) is 17.0 Å². The van der Waals surface area contributed by atoms with E-state index in [1.165, 1.54) is 48.1 Å². The van der Waals surface area contributed by atoms with Crippen LogP contribution in [-0.4, -0.2) is 35.6 Å². The van der Waals surface area contributed by atoms with Crippen LogP contribution in [0, 0.1) is 19.8 Å². The molecule has 3 heterocycles. The van der Waals surface area contributed by atoms with Gasteiger partial charge in [-0.2, -0.15) is 0 Å². The van der Waals surface area contributed by atoms with Gasteiger partial charge in [-0.1, -0.05) is 0 Å². The highest BCUT2D eigenvalue weighted by Crippen LogP contribution is 2.35. The van der Waals surface area contributed by atoms with Crippen molar-refractivity contribution >= 4 is 27.4 Å². The molecule has 0 aromatic carbocycles. The smallest absolute Gasteiger partial charge is 0.141 e. The topological polar surface area (TPSA) is 41.1 Å². The van der Waals surface area contributed by atoms with Crippen LogP contribution in [0.3, 0.4) is 0 Å². The Hall–Kier alpha value is -1.20. The van der Waals surface area contributed by atoms with Crippen LogP contribution >= 0.6 is 11.3 Å². The highest BCUT2D eigenvalue weighted by atomic mass is 32.1. The van der Waals surface area contributed by atoms with Gasteiger partial charge < -0.3 is 10.2 Å². The Labute approximate surface area is 136 Å². The van der Waals surface area contributed by atoms with Crippen molar-refractivity contribution in [2.24, 2.45) is 5.92 Å². The van der Waals surface area contributed by atoms with E-state index in [-0.39, 0.29) is 0 Å². The van der Waals surface area contributed by atoms with Crippen LogP contribution in [0.1, 0.15) is 36.1 Å². The molecule has 0 spiro atoms. The van der Waals surface area contributed by atoms with E-state index in [0.29, 0.717) is 6.04 Å². The number of hydrogen-bond acceptors (Lipinski definition) is 5. The van der Waals surface area contributed by atoms with Crippen molar-refractivity contribution in [2.75, 3.05) is 24.5 Å². The van der Waals surface area contributed by atoms with Crippen molar-refractivity contribution in [2.45, 2.75) is 45.6 Å². The Kier molecular flexibility index (Phi) is 3.78. The van der Waals surface area contributed by atoms with Gasteiger partial charge in [0.2, 0.25) is 0 Å². The number of hydrogen-bond donors (Lipinski definition) is 1. The standard InChI is InChI=1S/C17H24N4S/c1-11-12(2)22-17-15(11)16(19-10-20-17)21-7-5-14(6-8-21)18-9-13-3-4-13/h10,13-14,18H,3-9H2,1-2H3. The average Bonchev–Trinajstić information content (AvgIpc) is 3.32. The van der Waals surface area contributed by atoms with Gasteiger partial charge in [0.25, 0.3) is 0 Å². The van der Waals surface area contributed by atoms with Gasteiger partial charge in [-0.3, -0.25) is 0 Å². The molecule has 118 valence electrons. The first-order valence-corrected chi connectivity index (χ1v) is 9.23. The van der Waals surface area contributed by atoms with Gasteiger partial charge in [-0.05, 0) is 57.6 Å². The fourth-order valence-corrected chi connectivity index (χ4v) is 4.35. The summed E-state index contributed by atoms with van der Waals surface area (Å²) in [6.45, 7) is 7.81. The minimum atomic E-state index is 0.694. The molecule has 2 aromatic heterocycles. The Morgan fingerprint density at radius 2 is 1.95 bits per heavy atom. The van der Waals surface area contributed by atoms with Crippen molar-refractivity contribution < 1.29 is 0 Å². The highest BCUT2D eigenvalue weighted by molar-refractivity contribution is 7.18. The number of fused-ring (bicyclic) bond motifs is 1. The number of rotatable bonds is 4. The third-order valence-corrected chi connectivity index (χ3v) is 6.25. The Bertz CT molecular complexity index is 669. The lowest BCUT2D eigenvalue weighted by molar-refractivity contribution is 0.408. The number of nitrogens with zero attached hydrogens (tertiary/aromatic N) is 3. The minimum absolute atomic E-state index is 0.694. The molecule has 2 aliphatic rings. The zero-order chi connectivity index (χ0) is 15.1. The maximum absolute atomic E-state index is 4.62. The molecule has 22 heavy (non-hydrogen) atoms. The zero-order valence-corrected chi connectivity index (χ0v) is 14.2. The third kappa shape index (κ3) is 2.72. The molecule has 4 nitrogen and oxygen atoms in total. The van der Waals surface area contributed by atoms with E-state index in [4.69, 9.17) is 0 Å². The van der Waals surface area contributed by atoms with Crippen LogP contribution in [-0.2, 0) is 0 Å². The first kappa shape index (κ1) is 14.4. The summed E-state index contributed by atoms with van der Waals surface area (Å²) < 4.78 is 0. The van der Waals surface area contributed by atoms with Gasteiger partial charge in [-0.15, -0.1) is 11.3 Å². The summed E-state index contributed by atoms with van der Waals surface area (Å²) in [7, 11) is 0. The second-order valence-corrected chi connectivity index (χ2v) is 7.98. The maximum Gasteiger partial charge on any atom is 0.141 e.